The maximum absolute atomic E-state index is 10.6. The molecule has 0 bridgehead atoms. The highest BCUT2D eigenvalue weighted by Gasteiger charge is 2.10. The van der Waals surface area contributed by atoms with Crippen molar-refractivity contribution in [2.45, 2.75) is 11.3 Å². The first-order valence-corrected chi connectivity index (χ1v) is 3.69. The van der Waals surface area contributed by atoms with Gasteiger partial charge in [-0.3, -0.25) is 9.59 Å². The number of hydrogen-bond donors (Lipinski definition) is 2. The van der Waals surface area contributed by atoms with Gasteiger partial charge in [-0.15, -0.1) is 0 Å². The van der Waals surface area contributed by atoms with Gasteiger partial charge in [0, 0.05) is 6.54 Å². The van der Waals surface area contributed by atoms with E-state index in [1.807, 2.05) is 0 Å². The molecular formula is C5H7Cl2NO3. The maximum atomic E-state index is 10.6. The van der Waals surface area contributed by atoms with E-state index in [9.17, 15) is 9.59 Å². The average Bonchev–Trinajstić information content (AvgIpc) is 1.86. The summed E-state index contributed by atoms with van der Waals surface area (Å²) in [5.41, 5.74) is 0. The van der Waals surface area contributed by atoms with E-state index < -0.39 is 16.7 Å². The van der Waals surface area contributed by atoms with Crippen LogP contribution in [0.25, 0.3) is 0 Å². The summed E-state index contributed by atoms with van der Waals surface area (Å²) in [6.07, 6.45) is -0.133. The molecule has 11 heavy (non-hydrogen) atoms. The summed E-state index contributed by atoms with van der Waals surface area (Å²) >= 11 is 10.3. The van der Waals surface area contributed by atoms with Gasteiger partial charge in [-0.05, 0) is 0 Å². The fourth-order valence-electron chi connectivity index (χ4n) is 0.370. The molecule has 1 amide bonds. The van der Waals surface area contributed by atoms with Crippen molar-refractivity contribution in [3.05, 3.63) is 0 Å². The van der Waals surface area contributed by atoms with E-state index in [2.05, 4.69) is 5.32 Å². The number of carboxylic acid groups (broad SMARTS) is 1. The van der Waals surface area contributed by atoms with Crippen molar-refractivity contribution in [1.82, 2.24) is 5.32 Å². The lowest BCUT2D eigenvalue weighted by Crippen LogP contribution is -2.30. The van der Waals surface area contributed by atoms with E-state index in [1.54, 1.807) is 0 Å². The highest BCUT2D eigenvalue weighted by atomic mass is 35.5. The topological polar surface area (TPSA) is 66.4 Å². The molecule has 0 unspecified atom stereocenters. The molecule has 4 nitrogen and oxygen atoms in total. The SMILES string of the molecule is O=C(O)CCNC(=O)C(Cl)Cl. The van der Waals surface area contributed by atoms with Crippen molar-refractivity contribution >= 4 is 35.1 Å². The van der Waals surface area contributed by atoms with E-state index in [-0.39, 0.29) is 13.0 Å². The van der Waals surface area contributed by atoms with Gasteiger partial charge < -0.3 is 10.4 Å². The molecule has 0 fully saturated rings. The molecular weight excluding hydrogens is 193 g/mol. The number of nitrogens with one attached hydrogen (secondary N) is 1. The lowest BCUT2D eigenvalue weighted by atomic mass is 10.4. The molecule has 0 aromatic carbocycles. The fraction of sp³-hybridized carbons (Fsp3) is 0.600. The van der Waals surface area contributed by atoms with Crippen LogP contribution in [0.15, 0.2) is 0 Å². The third-order valence-corrected chi connectivity index (χ3v) is 1.23. The van der Waals surface area contributed by atoms with E-state index in [0.29, 0.717) is 0 Å². The minimum absolute atomic E-state index is 0.0457. The summed E-state index contributed by atoms with van der Waals surface area (Å²) in [7, 11) is 0. The molecule has 0 heterocycles. The maximum Gasteiger partial charge on any atom is 0.305 e. The minimum atomic E-state index is -1.14. The Kier molecular flexibility index (Phi) is 4.98. The van der Waals surface area contributed by atoms with Crippen LogP contribution in [0.4, 0.5) is 0 Å². The van der Waals surface area contributed by atoms with E-state index >= 15 is 0 Å². The zero-order valence-electron chi connectivity index (χ0n) is 5.51. The second-order valence-electron chi connectivity index (χ2n) is 1.74. The number of aliphatic carboxylic acids is 1. The summed E-state index contributed by atoms with van der Waals surface area (Å²) in [6, 6.07) is 0. The van der Waals surface area contributed by atoms with Crippen molar-refractivity contribution in [3.8, 4) is 0 Å². The van der Waals surface area contributed by atoms with E-state index in [0.717, 1.165) is 0 Å². The number of rotatable bonds is 4. The van der Waals surface area contributed by atoms with Crippen molar-refractivity contribution in [1.29, 1.82) is 0 Å². The van der Waals surface area contributed by atoms with Gasteiger partial charge in [-0.1, -0.05) is 23.2 Å². The van der Waals surface area contributed by atoms with Gasteiger partial charge in [0.05, 0.1) is 6.42 Å². The Hall–Kier alpha value is -0.480. The number of hydrogen-bond acceptors (Lipinski definition) is 2. The number of carboxylic acids is 1. The second-order valence-corrected chi connectivity index (χ2v) is 2.83. The Balaban J connectivity index is 3.39. The number of halogens is 2. The Morgan fingerprint density at radius 3 is 2.36 bits per heavy atom. The molecule has 0 aromatic heterocycles. The predicted octanol–water partition coefficient (Wildman–Crippen LogP) is 0.381. The van der Waals surface area contributed by atoms with Crippen LogP contribution in [0.3, 0.4) is 0 Å². The van der Waals surface area contributed by atoms with Crippen LogP contribution in [0.1, 0.15) is 6.42 Å². The zero-order chi connectivity index (χ0) is 8.85. The van der Waals surface area contributed by atoms with Gasteiger partial charge in [0.2, 0.25) is 0 Å². The molecule has 0 aliphatic rings. The standard InChI is InChI=1S/C5H7Cl2NO3/c6-4(7)5(11)8-2-1-3(9)10/h4H,1-2H2,(H,8,11)(H,9,10). The van der Waals surface area contributed by atoms with Gasteiger partial charge in [0.25, 0.3) is 5.91 Å². The average molecular weight is 200 g/mol. The number of carbonyl (C=O) groups is 2. The monoisotopic (exact) mass is 199 g/mol. The molecule has 0 aliphatic heterocycles. The predicted molar refractivity (Wildman–Crippen MR) is 40.8 cm³/mol. The highest BCUT2D eigenvalue weighted by molar-refractivity contribution is 6.53. The van der Waals surface area contributed by atoms with Crippen LogP contribution < -0.4 is 5.32 Å². The molecule has 0 saturated heterocycles. The van der Waals surface area contributed by atoms with Crippen LogP contribution in [0, 0.1) is 0 Å². The number of amides is 1. The quantitative estimate of drug-likeness (QED) is 0.644. The molecule has 0 aromatic rings. The van der Waals surface area contributed by atoms with Crippen LogP contribution in [-0.4, -0.2) is 28.4 Å². The smallest absolute Gasteiger partial charge is 0.305 e. The first-order valence-electron chi connectivity index (χ1n) is 2.81. The van der Waals surface area contributed by atoms with Crippen molar-refractivity contribution in [2.75, 3.05) is 6.54 Å². The summed E-state index contributed by atoms with van der Waals surface area (Å²) in [5.74, 6) is -1.56. The minimum Gasteiger partial charge on any atom is -0.481 e. The van der Waals surface area contributed by atoms with Crippen molar-refractivity contribution in [2.24, 2.45) is 0 Å². The molecule has 0 rings (SSSR count). The Morgan fingerprint density at radius 2 is 2.00 bits per heavy atom. The molecule has 0 radical (unpaired) electrons. The lowest BCUT2D eigenvalue weighted by Gasteiger charge is -2.01. The van der Waals surface area contributed by atoms with Gasteiger partial charge in [0.1, 0.15) is 0 Å². The largest absolute Gasteiger partial charge is 0.481 e. The summed E-state index contributed by atoms with van der Waals surface area (Å²) < 4.78 is 0. The highest BCUT2D eigenvalue weighted by Crippen LogP contribution is 1.99. The third-order valence-electron chi connectivity index (χ3n) is 0.836. The van der Waals surface area contributed by atoms with Crippen molar-refractivity contribution < 1.29 is 14.7 Å². The normalized spacial score (nSPS) is 9.73. The number of carbonyl (C=O) groups excluding carboxylic acids is 1. The Morgan fingerprint density at radius 1 is 1.45 bits per heavy atom. The van der Waals surface area contributed by atoms with Crippen LogP contribution in [0.2, 0.25) is 0 Å². The molecule has 0 atom stereocenters. The Labute approximate surface area is 73.5 Å². The van der Waals surface area contributed by atoms with Gasteiger partial charge in [0.15, 0.2) is 4.84 Å². The second kappa shape index (κ2) is 5.21. The van der Waals surface area contributed by atoms with E-state index in [1.165, 1.54) is 0 Å². The third kappa shape index (κ3) is 5.94. The van der Waals surface area contributed by atoms with Crippen LogP contribution in [-0.2, 0) is 9.59 Å². The molecule has 0 spiro atoms. The van der Waals surface area contributed by atoms with Crippen LogP contribution >= 0.6 is 23.2 Å². The molecule has 0 aliphatic carbocycles. The van der Waals surface area contributed by atoms with Gasteiger partial charge in [-0.25, -0.2) is 0 Å². The molecule has 2 N–H and O–H groups in total. The fourth-order valence-corrected chi connectivity index (χ4v) is 0.524. The molecule has 64 valence electrons. The molecule has 0 saturated carbocycles. The summed E-state index contributed by atoms with van der Waals surface area (Å²) in [6.45, 7) is 0.0457. The van der Waals surface area contributed by atoms with Gasteiger partial charge >= 0.3 is 5.97 Å². The number of alkyl halides is 2. The Bertz CT molecular complexity index is 160. The summed E-state index contributed by atoms with van der Waals surface area (Å²) in [5, 5.41) is 10.4. The van der Waals surface area contributed by atoms with Crippen LogP contribution in [0.5, 0.6) is 0 Å². The van der Waals surface area contributed by atoms with E-state index in [4.69, 9.17) is 28.3 Å². The summed E-state index contributed by atoms with van der Waals surface area (Å²) in [4.78, 5) is 19.4. The molecule has 6 heteroatoms. The first-order chi connectivity index (χ1) is 5.04. The van der Waals surface area contributed by atoms with Gasteiger partial charge in [-0.2, -0.15) is 0 Å². The zero-order valence-corrected chi connectivity index (χ0v) is 7.02. The lowest BCUT2D eigenvalue weighted by molar-refractivity contribution is -0.136. The first kappa shape index (κ1) is 10.5. The van der Waals surface area contributed by atoms with Crippen molar-refractivity contribution in [3.63, 3.8) is 0 Å².